The van der Waals surface area contributed by atoms with Crippen molar-refractivity contribution in [3.63, 3.8) is 0 Å². The summed E-state index contributed by atoms with van der Waals surface area (Å²) in [6, 6.07) is 4.98. The average molecular weight is 290 g/mol. The fourth-order valence-electron chi connectivity index (χ4n) is 2.81. The summed E-state index contributed by atoms with van der Waals surface area (Å²) in [6.07, 6.45) is 4.56. The van der Waals surface area contributed by atoms with E-state index in [0.717, 1.165) is 25.5 Å². The number of rotatable bonds is 5. The van der Waals surface area contributed by atoms with Crippen molar-refractivity contribution in [2.24, 2.45) is 0 Å². The number of hydrogen-bond acceptors (Lipinski definition) is 4. The number of likely N-dealkylation sites (N-methyl/N-ethyl adjacent to an activating group) is 1. The maximum absolute atomic E-state index is 4.69. The minimum Gasteiger partial charge on any atom is -0.352 e. The topological polar surface area (TPSA) is 31.4 Å². The number of aromatic nitrogens is 1. The van der Waals surface area contributed by atoms with Gasteiger partial charge in [-0.15, -0.1) is 0 Å². The van der Waals surface area contributed by atoms with E-state index in [1.54, 1.807) is 0 Å². The first kappa shape index (κ1) is 16.2. The smallest absolute Gasteiger partial charge is 0.128 e. The van der Waals surface area contributed by atoms with Crippen molar-refractivity contribution in [1.29, 1.82) is 0 Å². The fraction of sp³-hybridized carbons (Fsp3) is 0.706. The van der Waals surface area contributed by atoms with Crippen LogP contribution in [0.5, 0.6) is 0 Å². The Labute approximate surface area is 129 Å². The SMILES string of the molecule is CN(C)CC1CCCN1c1ccc(CNC(C)(C)C)cn1. The molecule has 1 atom stereocenters. The summed E-state index contributed by atoms with van der Waals surface area (Å²) in [6.45, 7) is 9.67. The molecule has 0 bridgehead atoms. The molecule has 0 amide bonds. The van der Waals surface area contributed by atoms with E-state index in [-0.39, 0.29) is 5.54 Å². The van der Waals surface area contributed by atoms with E-state index in [1.807, 2.05) is 6.20 Å². The molecular formula is C17H30N4. The van der Waals surface area contributed by atoms with Crippen LogP contribution in [0.3, 0.4) is 0 Å². The van der Waals surface area contributed by atoms with Crippen molar-refractivity contribution in [2.45, 2.75) is 51.7 Å². The van der Waals surface area contributed by atoms with E-state index in [4.69, 9.17) is 0 Å². The standard InChI is InChI=1S/C17H30N4/c1-17(2,3)19-12-14-8-9-16(18-11-14)21-10-6-7-15(21)13-20(4)5/h8-9,11,15,19H,6-7,10,12-13H2,1-5H3. The van der Waals surface area contributed by atoms with Crippen molar-refractivity contribution < 1.29 is 0 Å². The van der Waals surface area contributed by atoms with E-state index in [9.17, 15) is 0 Å². The van der Waals surface area contributed by atoms with Crippen molar-refractivity contribution in [1.82, 2.24) is 15.2 Å². The van der Waals surface area contributed by atoms with E-state index in [1.165, 1.54) is 18.4 Å². The lowest BCUT2D eigenvalue weighted by Crippen LogP contribution is -2.38. The van der Waals surface area contributed by atoms with Crippen LogP contribution in [0.25, 0.3) is 0 Å². The van der Waals surface area contributed by atoms with Gasteiger partial charge >= 0.3 is 0 Å². The number of nitrogens with one attached hydrogen (secondary N) is 1. The zero-order valence-electron chi connectivity index (χ0n) is 14.2. The molecule has 1 N–H and O–H groups in total. The lowest BCUT2D eigenvalue weighted by atomic mass is 10.1. The maximum Gasteiger partial charge on any atom is 0.128 e. The van der Waals surface area contributed by atoms with Gasteiger partial charge in [0.1, 0.15) is 5.82 Å². The molecule has 0 radical (unpaired) electrons. The quantitative estimate of drug-likeness (QED) is 0.903. The summed E-state index contributed by atoms with van der Waals surface area (Å²) >= 11 is 0. The lowest BCUT2D eigenvalue weighted by molar-refractivity contribution is 0.371. The average Bonchev–Trinajstić information content (AvgIpc) is 2.83. The predicted molar refractivity (Wildman–Crippen MR) is 89.8 cm³/mol. The number of pyridine rings is 1. The van der Waals surface area contributed by atoms with Gasteiger partial charge in [0.15, 0.2) is 0 Å². The fourth-order valence-corrected chi connectivity index (χ4v) is 2.81. The van der Waals surface area contributed by atoms with Gasteiger partial charge in [-0.3, -0.25) is 0 Å². The van der Waals surface area contributed by atoms with Crippen molar-refractivity contribution in [3.05, 3.63) is 23.9 Å². The summed E-state index contributed by atoms with van der Waals surface area (Å²) < 4.78 is 0. The highest BCUT2D eigenvalue weighted by atomic mass is 15.3. The Morgan fingerprint density at radius 2 is 2.10 bits per heavy atom. The van der Waals surface area contributed by atoms with Gasteiger partial charge in [0.2, 0.25) is 0 Å². The van der Waals surface area contributed by atoms with Gasteiger partial charge in [-0.2, -0.15) is 0 Å². The number of hydrogen-bond donors (Lipinski definition) is 1. The molecule has 2 rings (SSSR count). The number of anilines is 1. The molecule has 0 spiro atoms. The highest BCUT2D eigenvalue weighted by Crippen LogP contribution is 2.24. The van der Waals surface area contributed by atoms with Crippen LogP contribution in [0, 0.1) is 0 Å². The molecule has 2 heterocycles. The largest absolute Gasteiger partial charge is 0.352 e. The van der Waals surface area contributed by atoms with Gasteiger partial charge in [0.05, 0.1) is 0 Å². The first-order valence-electron chi connectivity index (χ1n) is 7.96. The van der Waals surface area contributed by atoms with Crippen LogP contribution < -0.4 is 10.2 Å². The van der Waals surface area contributed by atoms with Crippen LogP contribution in [0.15, 0.2) is 18.3 Å². The minimum absolute atomic E-state index is 0.143. The summed E-state index contributed by atoms with van der Waals surface area (Å²) in [5, 5.41) is 3.50. The van der Waals surface area contributed by atoms with Crippen LogP contribution in [0.4, 0.5) is 5.82 Å². The molecule has 1 aliphatic heterocycles. The predicted octanol–water partition coefficient (Wildman–Crippen LogP) is 2.50. The van der Waals surface area contributed by atoms with Gasteiger partial charge in [0, 0.05) is 37.4 Å². The second-order valence-electron chi connectivity index (χ2n) is 7.38. The molecule has 1 unspecified atom stereocenters. The normalized spacial score (nSPS) is 19.5. The molecule has 4 heteroatoms. The molecule has 118 valence electrons. The summed E-state index contributed by atoms with van der Waals surface area (Å²) in [7, 11) is 4.29. The summed E-state index contributed by atoms with van der Waals surface area (Å²) in [5.74, 6) is 1.12. The van der Waals surface area contributed by atoms with Gasteiger partial charge in [-0.05, 0) is 59.3 Å². The van der Waals surface area contributed by atoms with E-state index in [2.05, 4.69) is 67.1 Å². The molecule has 1 aromatic heterocycles. The van der Waals surface area contributed by atoms with Crippen LogP contribution in [-0.2, 0) is 6.54 Å². The summed E-state index contributed by atoms with van der Waals surface area (Å²) in [4.78, 5) is 9.41. The second-order valence-corrected chi connectivity index (χ2v) is 7.38. The second kappa shape index (κ2) is 6.75. The van der Waals surface area contributed by atoms with Crippen LogP contribution in [0.2, 0.25) is 0 Å². The molecule has 1 fully saturated rings. The highest BCUT2D eigenvalue weighted by Gasteiger charge is 2.25. The molecule has 0 aliphatic carbocycles. The van der Waals surface area contributed by atoms with Crippen LogP contribution >= 0.6 is 0 Å². The lowest BCUT2D eigenvalue weighted by Gasteiger charge is -2.28. The first-order chi connectivity index (χ1) is 9.85. The maximum atomic E-state index is 4.69. The van der Waals surface area contributed by atoms with Gasteiger partial charge in [-0.25, -0.2) is 4.98 Å². The van der Waals surface area contributed by atoms with Crippen molar-refractivity contribution in [3.8, 4) is 0 Å². The Balaban J connectivity index is 1.98. The zero-order chi connectivity index (χ0) is 15.5. The third-order valence-electron chi connectivity index (χ3n) is 3.88. The Hall–Kier alpha value is -1.13. The Morgan fingerprint density at radius 3 is 2.67 bits per heavy atom. The Bertz CT molecular complexity index is 433. The molecule has 0 aromatic carbocycles. The van der Waals surface area contributed by atoms with Crippen LogP contribution in [0.1, 0.15) is 39.2 Å². The van der Waals surface area contributed by atoms with E-state index < -0.39 is 0 Å². The van der Waals surface area contributed by atoms with Gasteiger partial charge in [0.25, 0.3) is 0 Å². The van der Waals surface area contributed by atoms with Crippen molar-refractivity contribution >= 4 is 5.82 Å². The van der Waals surface area contributed by atoms with Crippen molar-refractivity contribution in [2.75, 3.05) is 32.1 Å². The first-order valence-corrected chi connectivity index (χ1v) is 7.96. The third-order valence-corrected chi connectivity index (χ3v) is 3.88. The number of nitrogens with zero attached hydrogens (tertiary/aromatic N) is 3. The zero-order valence-corrected chi connectivity index (χ0v) is 14.2. The molecule has 1 saturated heterocycles. The molecule has 4 nitrogen and oxygen atoms in total. The minimum atomic E-state index is 0.143. The molecule has 21 heavy (non-hydrogen) atoms. The van der Waals surface area contributed by atoms with Gasteiger partial charge < -0.3 is 15.1 Å². The Morgan fingerprint density at radius 1 is 1.33 bits per heavy atom. The molecule has 0 saturated carbocycles. The Kier molecular flexibility index (Phi) is 5.22. The molecule has 1 aromatic rings. The highest BCUT2D eigenvalue weighted by molar-refractivity contribution is 5.42. The molecule has 1 aliphatic rings. The van der Waals surface area contributed by atoms with Crippen LogP contribution in [-0.4, -0.2) is 48.6 Å². The monoisotopic (exact) mass is 290 g/mol. The van der Waals surface area contributed by atoms with Gasteiger partial charge in [-0.1, -0.05) is 6.07 Å². The third kappa shape index (κ3) is 4.97. The van der Waals surface area contributed by atoms with E-state index >= 15 is 0 Å². The van der Waals surface area contributed by atoms with E-state index in [0.29, 0.717) is 6.04 Å². The molecular weight excluding hydrogens is 260 g/mol. The summed E-state index contributed by atoms with van der Waals surface area (Å²) in [5.41, 5.74) is 1.39.